The first-order valence-electron chi connectivity index (χ1n) is 14.1. The molecular weight excluding hydrogens is 550 g/mol. The summed E-state index contributed by atoms with van der Waals surface area (Å²) in [6, 6.07) is 20.0. The van der Waals surface area contributed by atoms with Crippen molar-refractivity contribution in [3.05, 3.63) is 111 Å². The first-order chi connectivity index (χ1) is 19.8. The molecular formula is C34H34ClN3O2S. The molecule has 1 atom stereocenters. The molecule has 0 spiro atoms. The second-order valence-electron chi connectivity index (χ2n) is 11.9. The number of aliphatic imine (C=N–C) groups is 1. The SMILES string of the molecule is CC(C)(C)[C@@H]1CCc2c(sc(N=Cc3cn(Cc4cccc(Cl)c4)c4ccccc34)c2C(=O)NCc2ccco2)C1. The number of aromatic nitrogens is 1. The van der Waals surface area contributed by atoms with Crippen LogP contribution in [0, 0.1) is 11.3 Å². The zero-order chi connectivity index (χ0) is 28.6. The van der Waals surface area contributed by atoms with Crippen molar-refractivity contribution in [2.75, 3.05) is 0 Å². The van der Waals surface area contributed by atoms with Crippen molar-refractivity contribution in [1.82, 2.24) is 9.88 Å². The number of hydrogen-bond donors (Lipinski definition) is 1. The largest absolute Gasteiger partial charge is 0.467 e. The third-order valence-electron chi connectivity index (χ3n) is 8.08. The lowest BCUT2D eigenvalue weighted by atomic mass is 9.72. The molecule has 0 saturated heterocycles. The van der Waals surface area contributed by atoms with E-state index in [1.54, 1.807) is 17.6 Å². The molecule has 5 aromatic rings. The molecule has 0 aliphatic heterocycles. The minimum absolute atomic E-state index is 0.0938. The van der Waals surface area contributed by atoms with Gasteiger partial charge in [0.25, 0.3) is 5.91 Å². The second-order valence-corrected chi connectivity index (χ2v) is 13.4. The maximum atomic E-state index is 13.6. The number of carbonyl (C=O) groups excluding carboxylic acids is 1. The number of halogens is 1. The molecule has 0 fully saturated rings. The summed E-state index contributed by atoms with van der Waals surface area (Å²) in [7, 11) is 0. The van der Waals surface area contributed by atoms with E-state index in [0.717, 1.165) is 62.6 Å². The van der Waals surface area contributed by atoms with E-state index in [9.17, 15) is 4.79 Å². The fourth-order valence-electron chi connectivity index (χ4n) is 5.77. The lowest BCUT2D eigenvalue weighted by Crippen LogP contribution is -2.28. The molecule has 0 radical (unpaired) electrons. The van der Waals surface area contributed by atoms with Crippen molar-refractivity contribution in [2.45, 2.75) is 53.1 Å². The van der Waals surface area contributed by atoms with Crippen LogP contribution in [0.5, 0.6) is 0 Å². The summed E-state index contributed by atoms with van der Waals surface area (Å²) in [6.07, 6.45) is 8.63. The molecule has 1 N–H and O–H groups in total. The third kappa shape index (κ3) is 5.90. The highest BCUT2D eigenvalue weighted by molar-refractivity contribution is 7.16. The van der Waals surface area contributed by atoms with Crippen molar-refractivity contribution in [2.24, 2.45) is 16.3 Å². The number of para-hydroxylation sites is 1. The summed E-state index contributed by atoms with van der Waals surface area (Å²) in [5.41, 5.74) is 5.37. The van der Waals surface area contributed by atoms with Crippen molar-refractivity contribution < 1.29 is 9.21 Å². The van der Waals surface area contributed by atoms with Crippen LogP contribution in [-0.4, -0.2) is 16.7 Å². The molecule has 1 amide bonds. The van der Waals surface area contributed by atoms with Gasteiger partial charge in [0, 0.05) is 45.3 Å². The minimum Gasteiger partial charge on any atom is -0.467 e. The molecule has 6 rings (SSSR count). The molecule has 210 valence electrons. The molecule has 0 unspecified atom stereocenters. The van der Waals surface area contributed by atoms with Crippen LogP contribution in [0.3, 0.4) is 0 Å². The third-order valence-corrected chi connectivity index (χ3v) is 9.48. The van der Waals surface area contributed by atoms with E-state index in [-0.39, 0.29) is 11.3 Å². The number of rotatable bonds is 7. The van der Waals surface area contributed by atoms with Crippen molar-refractivity contribution in [3.8, 4) is 0 Å². The Kier molecular flexibility index (Phi) is 7.62. The van der Waals surface area contributed by atoms with Gasteiger partial charge in [-0.2, -0.15) is 0 Å². The fourth-order valence-corrected chi connectivity index (χ4v) is 7.26. The van der Waals surface area contributed by atoms with Gasteiger partial charge in [0.2, 0.25) is 0 Å². The van der Waals surface area contributed by atoms with Crippen LogP contribution in [0.1, 0.15) is 64.9 Å². The van der Waals surface area contributed by atoms with Gasteiger partial charge < -0.3 is 14.3 Å². The molecule has 7 heteroatoms. The van der Waals surface area contributed by atoms with Crippen LogP contribution in [-0.2, 0) is 25.9 Å². The van der Waals surface area contributed by atoms with Crippen LogP contribution in [0.2, 0.25) is 5.02 Å². The summed E-state index contributed by atoms with van der Waals surface area (Å²) >= 11 is 7.92. The topological polar surface area (TPSA) is 59.5 Å². The highest BCUT2D eigenvalue weighted by Crippen LogP contribution is 2.45. The predicted molar refractivity (Wildman–Crippen MR) is 169 cm³/mol. The number of amides is 1. The Morgan fingerprint density at radius 2 is 2.02 bits per heavy atom. The van der Waals surface area contributed by atoms with E-state index in [2.05, 4.69) is 61.1 Å². The van der Waals surface area contributed by atoms with Gasteiger partial charge in [-0.1, -0.05) is 62.7 Å². The first kappa shape index (κ1) is 27.6. The molecule has 3 aromatic heterocycles. The second kappa shape index (κ2) is 11.3. The van der Waals surface area contributed by atoms with Crippen LogP contribution in [0.4, 0.5) is 5.00 Å². The zero-order valence-electron chi connectivity index (χ0n) is 23.6. The van der Waals surface area contributed by atoms with Crippen LogP contribution >= 0.6 is 22.9 Å². The average molecular weight is 584 g/mol. The van der Waals surface area contributed by atoms with Gasteiger partial charge >= 0.3 is 0 Å². The highest BCUT2D eigenvalue weighted by Gasteiger charge is 2.33. The van der Waals surface area contributed by atoms with Crippen molar-refractivity contribution >= 4 is 51.0 Å². The highest BCUT2D eigenvalue weighted by atomic mass is 35.5. The number of nitrogens with zero attached hydrogens (tertiary/aromatic N) is 2. The van der Waals surface area contributed by atoms with Gasteiger partial charge in [-0.15, -0.1) is 11.3 Å². The Labute approximate surface area is 249 Å². The molecule has 41 heavy (non-hydrogen) atoms. The van der Waals surface area contributed by atoms with Gasteiger partial charge in [0.15, 0.2) is 0 Å². The zero-order valence-corrected chi connectivity index (χ0v) is 25.2. The number of nitrogens with one attached hydrogen (secondary N) is 1. The van der Waals surface area contributed by atoms with E-state index >= 15 is 0 Å². The number of furan rings is 1. The van der Waals surface area contributed by atoms with E-state index in [0.29, 0.717) is 24.6 Å². The Hall–Kier alpha value is -3.61. The van der Waals surface area contributed by atoms with Gasteiger partial charge in [-0.3, -0.25) is 4.79 Å². The van der Waals surface area contributed by atoms with Crippen molar-refractivity contribution in [1.29, 1.82) is 0 Å². The van der Waals surface area contributed by atoms with E-state index in [1.807, 2.05) is 42.6 Å². The molecule has 0 bridgehead atoms. The Balaban J connectivity index is 1.35. The smallest absolute Gasteiger partial charge is 0.255 e. The average Bonchev–Trinajstić information content (AvgIpc) is 3.68. The Bertz CT molecular complexity index is 1720. The fraction of sp³-hybridized carbons (Fsp3) is 0.294. The normalized spacial score (nSPS) is 15.5. The number of hydrogen-bond acceptors (Lipinski definition) is 4. The number of benzene rings is 2. The Morgan fingerprint density at radius 1 is 1.17 bits per heavy atom. The lowest BCUT2D eigenvalue weighted by molar-refractivity contribution is 0.0947. The summed E-state index contributed by atoms with van der Waals surface area (Å²) < 4.78 is 7.67. The van der Waals surface area contributed by atoms with E-state index in [1.165, 1.54) is 4.88 Å². The molecule has 2 aromatic carbocycles. The summed E-state index contributed by atoms with van der Waals surface area (Å²) in [6.45, 7) is 7.99. The first-order valence-corrected chi connectivity index (χ1v) is 15.3. The summed E-state index contributed by atoms with van der Waals surface area (Å²) in [5.74, 6) is 1.21. The molecule has 5 nitrogen and oxygen atoms in total. The van der Waals surface area contributed by atoms with Crippen LogP contribution in [0.15, 0.2) is 82.5 Å². The number of thiophene rings is 1. The van der Waals surface area contributed by atoms with Crippen LogP contribution < -0.4 is 5.32 Å². The number of carbonyl (C=O) groups is 1. The maximum absolute atomic E-state index is 13.6. The van der Waals surface area contributed by atoms with Crippen LogP contribution in [0.25, 0.3) is 10.9 Å². The summed E-state index contributed by atoms with van der Waals surface area (Å²) in [5, 5.41) is 5.69. The minimum atomic E-state index is -0.0938. The van der Waals surface area contributed by atoms with Gasteiger partial charge in [0.05, 0.1) is 18.4 Å². The standard InChI is InChI=1S/C34H34ClN3O2S/c1-34(2,3)24-13-14-28-30(17-24)41-33(31(28)32(39)36-19-26-10-7-15-40-26)37-18-23-21-38(29-12-5-4-11-27(23)29)20-22-8-6-9-25(35)16-22/h4-12,15-16,18,21,24H,13-14,17,19-20H2,1-3H3,(H,36,39)/t24-/m1/s1. The Morgan fingerprint density at radius 3 is 2.80 bits per heavy atom. The molecule has 1 aliphatic carbocycles. The van der Waals surface area contributed by atoms with E-state index < -0.39 is 0 Å². The molecule has 0 saturated carbocycles. The molecule has 3 heterocycles. The van der Waals surface area contributed by atoms with Gasteiger partial charge in [-0.25, -0.2) is 4.99 Å². The summed E-state index contributed by atoms with van der Waals surface area (Å²) in [4.78, 5) is 19.9. The van der Waals surface area contributed by atoms with Crippen molar-refractivity contribution in [3.63, 3.8) is 0 Å². The van der Waals surface area contributed by atoms with Gasteiger partial charge in [0.1, 0.15) is 10.8 Å². The maximum Gasteiger partial charge on any atom is 0.255 e. The lowest BCUT2D eigenvalue weighted by Gasteiger charge is -2.33. The number of fused-ring (bicyclic) bond motifs is 2. The van der Waals surface area contributed by atoms with Gasteiger partial charge in [-0.05, 0) is 72.1 Å². The molecule has 1 aliphatic rings. The quantitative estimate of drug-likeness (QED) is 0.195. The monoisotopic (exact) mass is 583 g/mol. The predicted octanol–water partition coefficient (Wildman–Crippen LogP) is 8.83. The van der Waals surface area contributed by atoms with E-state index in [4.69, 9.17) is 21.0 Å².